The molecule has 0 aromatic carbocycles. The molecule has 0 saturated carbocycles. The number of amidine groups is 1. The standard InChI is InChI=1S/C12H16N2O3S/c1-4-8-7(3)13-12-14(9(8)5-2)6-10(11(15)16)18(12)17/h6,9H,4-5H2,1-3H3,(H,15,16). The van der Waals surface area contributed by atoms with E-state index in [1.807, 2.05) is 13.8 Å². The van der Waals surface area contributed by atoms with E-state index in [2.05, 4.69) is 11.9 Å². The zero-order chi connectivity index (χ0) is 13.4. The highest BCUT2D eigenvalue weighted by Crippen LogP contribution is 2.33. The quantitative estimate of drug-likeness (QED) is 0.847. The van der Waals surface area contributed by atoms with Crippen LogP contribution in [0.2, 0.25) is 0 Å². The minimum Gasteiger partial charge on any atom is -0.477 e. The molecule has 2 rings (SSSR count). The molecule has 0 radical (unpaired) electrons. The zero-order valence-corrected chi connectivity index (χ0v) is 11.5. The van der Waals surface area contributed by atoms with Gasteiger partial charge in [0.2, 0.25) is 5.17 Å². The molecule has 2 atom stereocenters. The van der Waals surface area contributed by atoms with Gasteiger partial charge in [-0.15, -0.1) is 0 Å². The van der Waals surface area contributed by atoms with Gasteiger partial charge in [-0.2, -0.15) is 0 Å². The van der Waals surface area contributed by atoms with Crippen molar-refractivity contribution >= 4 is 21.9 Å². The number of carboxylic acids is 1. The summed E-state index contributed by atoms with van der Waals surface area (Å²) in [5, 5.41) is 9.38. The number of rotatable bonds is 3. The molecule has 0 aliphatic carbocycles. The summed E-state index contributed by atoms with van der Waals surface area (Å²) in [6.45, 7) is 5.98. The Hall–Kier alpha value is -1.43. The van der Waals surface area contributed by atoms with Crippen LogP contribution >= 0.6 is 0 Å². The highest BCUT2D eigenvalue weighted by Gasteiger charge is 2.39. The van der Waals surface area contributed by atoms with Gasteiger partial charge in [-0.1, -0.05) is 13.8 Å². The molecule has 2 heterocycles. The SMILES string of the molecule is CCC1=C(C)N=C2N(C=C(C(=O)O)S2=O)C1CC. The largest absolute Gasteiger partial charge is 0.477 e. The van der Waals surface area contributed by atoms with E-state index in [9.17, 15) is 9.00 Å². The lowest BCUT2D eigenvalue weighted by Crippen LogP contribution is -2.38. The maximum Gasteiger partial charge on any atom is 0.346 e. The lowest BCUT2D eigenvalue weighted by atomic mass is 9.98. The van der Waals surface area contributed by atoms with E-state index < -0.39 is 16.8 Å². The van der Waals surface area contributed by atoms with Gasteiger partial charge in [0, 0.05) is 11.9 Å². The van der Waals surface area contributed by atoms with Gasteiger partial charge in [0.25, 0.3) is 0 Å². The summed E-state index contributed by atoms with van der Waals surface area (Å²) in [5.74, 6) is -1.14. The van der Waals surface area contributed by atoms with E-state index >= 15 is 0 Å². The lowest BCUT2D eigenvalue weighted by Gasteiger charge is -2.32. The van der Waals surface area contributed by atoms with Crippen LogP contribution in [-0.2, 0) is 15.6 Å². The van der Waals surface area contributed by atoms with Gasteiger partial charge in [0.15, 0.2) is 0 Å². The molecule has 18 heavy (non-hydrogen) atoms. The van der Waals surface area contributed by atoms with Crippen LogP contribution in [-0.4, -0.2) is 31.4 Å². The number of hydrogen-bond acceptors (Lipinski definition) is 4. The molecule has 2 aliphatic rings. The first-order chi connectivity index (χ1) is 8.51. The fraction of sp³-hybridized carbons (Fsp3) is 0.500. The average Bonchev–Trinajstić information content (AvgIpc) is 2.65. The number of fused-ring (bicyclic) bond motifs is 1. The van der Waals surface area contributed by atoms with Crippen LogP contribution in [0.15, 0.2) is 27.4 Å². The predicted molar refractivity (Wildman–Crippen MR) is 70.2 cm³/mol. The smallest absolute Gasteiger partial charge is 0.346 e. The molecular weight excluding hydrogens is 252 g/mol. The van der Waals surface area contributed by atoms with E-state index in [1.165, 1.54) is 11.8 Å². The second-order valence-corrected chi connectivity index (χ2v) is 5.60. The molecule has 0 spiro atoms. The first kappa shape index (κ1) is 13.0. The van der Waals surface area contributed by atoms with Gasteiger partial charge in [0.05, 0.1) is 6.04 Å². The summed E-state index contributed by atoms with van der Waals surface area (Å²) in [6, 6.07) is 0.0725. The maximum atomic E-state index is 12.1. The molecule has 1 N–H and O–H groups in total. The van der Waals surface area contributed by atoms with Crippen molar-refractivity contribution in [1.82, 2.24) is 4.90 Å². The zero-order valence-electron chi connectivity index (χ0n) is 10.6. The first-order valence-electron chi connectivity index (χ1n) is 5.94. The van der Waals surface area contributed by atoms with Crippen LogP contribution in [0, 0.1) is 0 Å². The Balaban J connectivity index is 2.50. The Bertz CT molecular complexity index is 519. The fourth-order valence-electron chi connectivity index (χ4n) is 2.44. The Morgan fingerprint density at radius 2 is 2.22 bits per heavy atom. The summed E-state index contributed by atoms with van der Waals surface area (Å²) in [7, 11) is -1.66. The molecule has 0 aromatic rings. The van der Waals surface area contributed by atoms with Crippen LogP contribution in [0.5, 0.6) is 0 Å². The van der Waals surface area contributed by atoms with Crippen LogP contribution in [0.4, 0.5) is 0 Å². The molecule has 2 unspecified atom stereocenters. The molecule has 0 saturated heterocycles. The van der Waals surface area contributed by atoms with Crippen molar-refractivity contribution in [2.45, 2.75) is 39.7 Å². The maximum absolute atomic E-state index is 12.1. The summed E-state index contributed by atoms with van der Waals surface area (Å²) in [4.78, 5) is 17.0. The second-order valence-electron chi connectivity index (χ2n) is 4.26. The summed E-state index contributed by atoms with van der Waals surface area (Å²) >= 11 is 0. The van der Waals surface area contributed by atoms with Crippen molar-refractivity contribution in [3.05, 3.63) is 22.4 Å². The topological polar surface area (TPSA) is 70.0 Å². The third kappa shape index (κ3) is 1.80. The fourth-order valence-corrected chi connectivity index (χ4v) is 3.60. The molecule has 0 fully saturated rings. The minimum atomic E-state index is -1.66. The third-order valence-corrected chi connectivity index (χ3v) is 4.60. The highest BCUT2D eigenvalue weighted by atomic mass is 32.2. The normalized spacial score (nSPS) is 26.9. The summed E-state index contributed by atoms with van der Waals surface area (Å²) in [5.41, 5.74) is 2.05. The van der Waals surface area contributed by atoms with Crippen LogP contribution in [0.3, 0.4) is 0 Å². The Morgan fingerprint density at radius 1 is 1.56 bits per heavy atom. The van der Waals surface area contributed by atoms with Crippen molar-refractivity contribution in [2.24, 2.45) is 4.99 Å². The number of carboxylic acid groups (broad SMARTS) is 1. The van der Waals surface area contributed by atoms with E-state index in [-0.39, 0.29) is 10.9 Å². The molecule has 2 aliphatic heterocycles. The molecule has 98 valence electrons. The Morgan fingerprint density at radius 3 is 2.72 bits per heavy atom. The molecular formula is C12H16N2O3S. The predicted octanol–water partition coefficient (Wildman–Crippen LogP) is 1.81. The average molecular weight is 268 g/mol. The number of aliphatic imine (C=N–C) groups is 1. The molecule has 6 heteroatoms. The van der Waals surface area contributed by atoms with Crippen LogP contribution < -0.4 is 0 Å². The molecule has 0 aromatic heterocycles. The summed E-state index contributed by atoms with van der Waals surface area (Å²) in [6.07, 6.45) is 3.16. The first-order valence-corrected chi connectivity index (χ1v) is 7.09. The van der Waals surface area contributed by atoms with Gasteiger partial charge in [0.1, 0.15) is 15.7 Å². The van der Waals surface area contributed by atoms with Crippen molar-refractivity contribution in [1.29, 1.82) is 0 Å². The number of nitrogens with zero attached hydrogens (tertiary/aromatic N) is 2. The van der Waals surface area contributed by atoms with Crippen molar-refractivity contribution in [3.63, 3.8) is 0 Å². The molecule has 5 nitrogen and oxygen atoms in total. The number of aliphatic carboxylic acids is 1. The van der Waals surface area contributed by atoms with Crippen molar-refractivity contribution < 1.29 is 14.1 Å². The van der Waals surface area contributed by atoms with E-state index in [0.717, 1.165) is 18.5 Å². The second kappa shape index (κ2) is 4.68. The van der Waals surface area contributed by atoms with Gasteiger partial charge in [-0.25, -0.2) is 14.0 Å². The van der Waals surface area contributed by atoms with Gasteiger partial charge in [-0.05, 0) is 25.3 Å². The van der Waals surface area contributed by atoms with Gasteiger partial charge < -0.3 is 10.0 Å². The number of carbonyl (C=O) groups is 1. The van der Waals surface area contributed by atoms with E-state index in [0.29, 0.717) is 5.17 Å². The monoisotopic (exact) mass is 268 g/mol. The molecule has 0 bridgehead atoms. The van der Waals surface area contributed by atoms with Gasteiger partial charge >= 0.3 is 5.97 Å². The number of hydrogen-bond donors (Lipinski definition) is 1. The van der Waals surface area contributed by atoms with Crippen LogP contribution in [0.1, 0.15) is 33.6 Å². The highest BCUT2D eigenvalue weighted by molar-refractivity contribution is 8.05. The van der Waals surface area contributed by atoms with Gasteiger partial charge in [-0.3, -0.25) is 0 Å². The molecule has 0 amide bonds. The minimum absolute atomic E-state index is 0.0725. The summed E-state index contributed by atoms with van der Waals surface area (Å²) < 4.78 is 12.1. The van der Waals surface area contributed by atoms with E-state index in [1.54, 1.807) is 4.90 Å². The number of allylic oxidation sites excluding steroid dienone is 1. The third-order valence-electron chi connectivity index (χ3n) is 3.29. The Labute approximate surface area is 108 Å². The Kier molecular flexibility index (Phi) is 3.38. The van der Waals surface area contributed by atoms with Crippen molar-refractivity contribution in [2.75, 3.05) is 0 Å². The van der Waals surface area contributed by atoms with Crippen molar-refractivity contribution in [3.8, 4) is 0 Å². The lowest BCUT2D eigenvalue weighted by molar-refractivity contribution is -0.131. The van der Waals surface area contributed by atoms with Crippen LogP contribution in [0.25, 0.3) is 0 Å². The van der Waals surface area contributed by atoms with E-state index in [4.69, 9.17) is 5.11 Å².